The van der Waals surface area contributed by atoms with Crippen LogP contribution >= 0.6 is 0 Å². The number of benzene rings is 3. The summed E-state index contributed by atoms with van der Waals surface area (Å²) in [6.07, 6.45) is 2.97. The molecule has 1 amide bonds. The summed E-state index contributed by atoms with van der Waals surface area (Å²) in [7, 11) is 0. The maximum Gasteiger partial charge on any atom is 0.271 e. The van der Waals surface area contributed by atoms with Crippen LogP contribution in [0.1, 0.15) is 11.1 Å². The third-order valence-electron chi connectivity index (χ3n) is 6.24. The van der Waals surface area contributed by atoms with E-state index < -0.39 is 4.92 Å². The van der Waals surface area contributed by atoms with Gasteiger partial charge in [-0.2, -0.15) is 4.73 Å². The van der Waals surface area contributed by atoms with Crippen molar-refractivity contribution >= 4 is 34.4 Å². The van der Waals surface area contributed by atoms with Crippen molar-refractivity contribution in [3.63, 3.8) is 0 Å². The van der Waals surface area contributed by atoms with E-state index >= 15 is 0 Å². The summed E-state index contributed by atoms with van der Waals surface area (Å²) < 4.78 is 19.4. The minimum absolute atomic E-state index is 0.154. The van der Waals surface area contributed by atoms with E-state index in [-0.39, 0.29) is 28.8 Å². The number of carbonyl (C=O) groups is 1. The third kappa shape index (κ3) is 5.53. The van der Waals surface area contributed by atoms with Crippen LogP contribution in [-0.2, 0) is 16.1 Å². The fraction of sp³-hybridized carbons (Fsp3) is 0.185. The summed E-state index contributed by atoms with van der Waals surface area (Å²) in [5.41, 5.74) is 3.12. The molecule has 4 aromatic rings. The first-order chi connectivity index (χ1) is 18.4. The number of nitrogens with zero attached hydrogens (tertiary/aromatic N) is 4. The van der Waals surface area contributed by atoms with Crippen molar-refractivity contribution in [3.05, 3.63) is 93.8 Å². The quantitative estimate of drug-likeness (QED) is 0.160. The van der Waals surface area contributed by atoms with E-state index in [1.54, 1.807) is 30.3 Å². The van der Waals surface area contributed by atoms with Crippen molar-refractivity contribution in [3.8, 4) is 11.4 Å². The van der Waals surface area contributed by atoms with Gasteiger partial charge in [0.15, 0.2) is 5.82 Å². The van der Waals surface area contributed by atoms with Gasteiger partial charge >= 0.3 is 0 Å². The number of amides is 1. The minimum Gasteiger partial charge on any atom is -0.426 e. The number of ether oxygens (including phenoxy) is 1. The number of aromatic nitrogens is 2. The molecule has 0 radical (unpaired) electrons. The Hall–Kier alpha value is -4.61. The van der Waals surface area contributed by atoms with Crippen LogP contribution in [0.4, 0.5) is 15.8 Å². The Balaban J connectivity index is 1.45. The number of fused-ring (bicyclic) bond motifs is 1. The second-order valence-electron chi connectivity index (χ2n) is 8.81. The topological polar surface area (TPSA) is 123 Å². The normalized spacial score (nSPS) is 14.2. The van der Waals surface area contributed by atoms with Crippen LogP contribution in [0.5, 0.6) is 0 Å². The molecule has 2 N–H and O–H groups in total. The van der Waals surface area contributed by atoms with Gasteiger partial charge in [-0.1, -0.05) is 12.1 Å². The molecule has 0 atom stereocenters. The second kappa shape index (κ2) is 10.8. The van der Waals surface area contributed by atoms with Gasteiger partial charge in [-0.25, -0.2) is 9.37 Å². The molecular formula is C27H24FN5O5. The molecular weight excluding hydrogens is 493 g/mol. The number of anilines is 1. The van der Waals surface area contributed by atoms with Crippen molar-refractivity contribution in [1.82, 2.24) is 14.6 Å². The zero-order valence-corrected chi connectivity index (χ0v) is 20.2. The number of rotatable bonds is 7. The molecule has 0 saturated carbocycles. The highest BCUT2D eigenvalue weighted by Gasteiger charge is 2.19. The van der Waals surface area contributed by atoms with Crippen molar-refractivity contribution in [2.45, 2.75) is 6.54 Å². The molecule has 0 aliphatic carbocycles. The highest BCUT2D eigenvalue weighted by Crippen LogP contribution is 2.30. The van der Waals surface area contributed by atoms with Gasteiger partial charge in [0.05, 0.1) is 23.7 Å². The fourth-order valence-electron chi connectivity index (χ4n) is 4.26. The third-order valence-corrected chi connectivity index (χ3v) is 6.24. The van der Waals surface area contributed by atoms with Gasteiger partial charge in [-0.05, 0) is 53.6 Å². The highest BCUT2D eigenvalue weighted by atomic mass is 19.1. The van der Waals surface area contributed by atoms with Gasteiger partial charge in [0.2, 0.25) is 5.91 Å². The molecule has 3 aromatic carbocycles. The van der Waals surface area contributed by atoms with Gasteiger partial charge in [0.25, 0.3) is 5.69 Å². The Morgan fingerprint density at radius 2 is 1.89 bits per heavy atom. The maximum atomic E-state index is 13.1. The van der Waals surface area contributed by atoms with Crippen LogP contribution in [0.2, 0.25) is 0 Å². The zero-order valence-electron chi connectivity index (χ0n) is 20.2. The summed E-state index contributed by atoms with van der Waals surface area (Å²) in [5.74, 6) is -0.487. The first-order valence-corrected chi connectivity index (χ1v) is 11.9. The van der Waals surface area contributed by atoms with Gasteiger partial charge in [0.1, 0.15) is 11.3 Å². The van der Waals surface area contributed by atoms with E-state index in [1.807, 2.05) is 6.07 Å². The monoisotopic (exact) mass is 517 g/mol. The molecule has 0 bridgehead atoms. The molecule has 1 fully saturated rings. The standard InChI is InChI=1S/C27H24FN5O5/c28-21-5-1-18(2-6-21)3-10-26(34)29-23-8-4-19(15-20(23)17-31-11-13-38-14-12-31)27-30-24-9-7-22(33(36)37)16-25(24)32(27)35/h1-10,15-16,35H,11-14,17H2,(H,29,34)/b10-3+. The van der Waals surface area contributed by atoms with E-state index in [0.29, 0.717) is 42.1 Å². The molecule has 10 nitrogen and oxygen atoms in total. The van der Waals surface area contributed by atoms with Gasteiger partial charge in [-0.3, -0.25) is 19.8 Å². The van der Waals surface area contributed by atoms with E-state index in [4.69, 9.17) is 4.74 Å². The lowest BCUT2D eigenvalue weighted by atomic mass is 10.1. The van der Waals surface area contributed by atoms with Crippen LogP contribution in [0.3, 0.4) is 0 Å². The summed E-state index contributed by atoms with van der Waals surface area (Å²) >= 11 is 0. The van der Waals surface area contributed by atoms with Gasteiger partial charge in [-0.15, -0.1) is 0 Å². The SMILES string of the molecule is O=C(/C=C/c1ccc(F)cc1)Nc1ccc(-c2nc3ccc([N+](=O)[O-])cc3n2O)cc1CN1CCOCC1. The van der Waals surface area contributed by atoms with Crippen molar-refractivity contribution in [1.29, 1.82) is 0 Å². The molecule has 1 aromatic heterocycles. The molecule has 1 aliphatic rings. The average molecular weight is 518 g/mol. The molecule has 0 spiro atoms. The minimum atomic E-state index is -0.533. The Bertz CT molecular complexity index is 1530. The lowest BCUT2D eigenvalue weighted by molar-refractivity contribution is -0.384. The van der Waals surface area contributed by atoms with Crippen molar-refractivity contribution in [2.24, 2.45) is 0 Å². The lowest BCUT2D eigenvalue weighted by Crippen LogP contribution is -2.35. The molecule has 0 unspecified atom stereocenters. The molecule has 194 valence electrons. The molecule has 1 saturated heterocycles. The predicted molar refractivity (Wildman–Crippen MR) is 139 cm³/mol. The van der Waals surface area contributed by atoms with E-state index in [2.05, 4.69) is 15.2 Å². The Labute approximate surface area is 216 Å². The number of nitro benzene ring substituents is 1. The van der Waals surface area contributed by atoms with Crippen LogP contribution in [0.25, 0.3) is 28.5 Å². The number of carbonyl (C=O) groups excluding carboxylic acids is 1. The Morgan fingerprint density at radius 3 is 2.63 bits per heavy atom. The van der Waals surface area contributed by atoms with Crippen LogP contribution in [0, 0.1) is 15.9 Å². The Kier molecular flexibility index (Phi) is 7.11. The number of halogens is 1. The smallest absolute Gasteiger partial charge is 0.271 e. The second-order valence-corrected chi connectivity index (χ2v) is 8.81. The van der Waals surface area contributed by atoms with Crippen molar-refractivity contribution < 1.29 is 24.1 Å². The first kappa shape index (κ1) is 25.1. The van der Waals surface area contributed by atoms with Crippen LogP contribution < -0.4 is 5.32 Å². The average Bonchev–Trinajstić information content (AvgIpc) is 3.25. The number of nitro groups is 1. The summed E-state index contributed by atoms with van der Waals surface area (Å²) in [6, 6.07) is 15.2. The fourth-order valence-corrected chi connectivity index (χ4v) is 4.26. The number of nitrogens with one attached hydrogen (secondary N) is 1. The molecule has 5 rings (SSSR count). The van der Waals surface area contributed by atoms with Gasteiger partial charge < -0.3 is 15.3 Å². The lowest BCUT2D eigenvalue weighted by Gasteiger charge is -2.27. The first-order valence-electron chi connectivity index (χ1n) is 11.9. The van der Waals surface area contributed by atoms with Crippen molar-refractivity contribution in [2.75, 3.05) is 31.6 Å². The number of non-ortho nitro benzene ring substituents is 1. The largest absolute Gasteiger partial charge is 0.426 e. The molecule has 38 heavy (non-hydrogen) atoms. The zero-order chi connectivity index (χ0) is 26.6. The highest BCUT2D eigenvalue weighted by molar-refractivity contribution is 6.02. The van der Waals surface area contributed by atoms with Crippen LogP contribution in [0.15, 0.2) is 66.7 Å². The van der Waals surface area contributed by atoms with Crippen LogP contribution in [-0.4, -0.2) is 57.0 Å². The number of hydrogen-bond acceptors (Lipinski definition) is 7. The maximum absolute atomic E-state index is 13.1. The predicted octanol–water partition coefficient (Wildman–Crippen LogP) is 4.47. The Morgan fingerprint density at radius 1 is 1.13 bits per heavy atom. The summed E-state index contributed by atoms with van der Waals surface area (Å²) in [4.78, 5) is 30.0. The van der Waals surface area contributed by atoms with Gasteiger partial charge in [0, 0.05) is 49.1 Å². The molecule has 11 heteroatoms. The summed E-state index contributed by atoms with van der Waals surface area (Å²) in [6.45, 7) is 3.18. The van der Waals surface area contributed by atoms with E-state index in [1.165, 1.54) is 36.4 Å². The van der Waals surface area contributed by atoms with E-state index in [0.717, 1.165) is 23.4 Å². The number of morpholine rings is 1. The van der Waals surface area contributed by atoms with E-state index in [9.17, 15) is 24.5 Å². The molecule has 2 heterocycles. The number of hydrogen-bond donors (Lipinski definition) is 2. The summed E-state index contributed by atoms with van der Waals surface area (Å²) in [5, 5.41) is 24.8. The number of imidazole rings is 1. The molecule has 1 aliphatic heterocycles.